The molecular formula is C22H26Cl2N8. The third-order valence-corrected chi connectivity index (χ3v) is 5.25. The smallest absolute Gasteiger partial charge is 0.160 e. The predicted octanol–water partition coefficient (Wildman–Crippen LogP) is 5.30. The van der Waals surface area contributed by atoms with Crippen molar-refractivity contribution < 1.29 is 0 Å². The van der Waals surface area contributed by atoms with Gasteiger partial charge in [0.15, 0.2) is 5.65 Å². The first kappa shape index (κ1) is 23.6. The number of anilines is 2. The number of pyridine rings is 2. The van der Waals surface area contributed by atoms with Gasteiger partial charge < -0.3 is 5.32 Å². The van der Waals surface area contributed by atoms with E-state index in [1.807, 2.05) is 32.8 Å². The fourth-order valence-corrected chi connectivity index (χ4v) is 3.94. The van der Waals surface area contributed by atoms with Crippen LogP contribution in [0.3, 0.4) is 0 Å². The Balaban J connectivity index is 2.03. The van der Waals surface area contributed by atoms with E-state index in [0.717, 1.165) is 28.1 Å². The first-order chi connectivity index (χ1) is 15.1. The molecule has 0 aliphatic heterocycles. The molecule has 0 atom stereocenters. The monoisotopic (exact) mass is 472 g/mol. The lowest BCUT2D eigenvalue weighted by Crippen LogP contribution is -2.45. The lowest BCUT2D eigenvalue weighted by atomic mass is 9.99. The van der Waals surface area contributed by atoms with Crippen LogP contribution in [0, 0.1) is 18.3 Å². The van der Waals surface area contributed by atoms with Crippen LogP contribution < -0.4 is 15.8 Å². The van der Waals surface area contributed by atoms with Crippen LogP contribution in [0.15, 0.2) is 30.1 Å². The lowest BCUT2D eigenvalue weighted by Gasteiger charge is -2.31. The summed E-state index contributed by atoms with van der Waals surface area (Å²) in [7, 11) is 1.89. The fraction of sp³-hybridized carbons (Fsp3) is 0.364. The zero-order valence-corrected chi connectivity index (χ0v) is 20.4. The quantitative estimate of drug-likeness (QED) is 0.273. The third kappa shape index (κ3) is 5.06. The molecule has 3 heterocycles. The minimum absolute atomic E-state index is 0.0165. The molecule has 0 amide bonds. The maximum absolute atomic E-state index is 9.33. The van der Waals surface area contributed by atoms with Crippen molar-refractivity contribution >= 4 is 45.7 Å². The zero-order chi connectivity index (χ0) is 23.6. The van der Waals surface area contributed by atoms with E-state index in [1.54, 1.807) is 16.8 Å². The highest BCUT2D eigenvalue weighted by atomic mass is 35.5. The van der Waals surface area contributed by atoms with Crippen LogP contribution in [0.4, 0.5) is 11.5 Å². The number of allylic oxidation sites excluding steroid dienone is 1. The van der Waals surface area contributed by atoms with Crippen LogP contribution in [0.5, 0.6) is 0 Å². The van der Waals surface area contributed by atoms with Gasteiger partial charge in [-0.3, -0.25) is 15.1 Å². The van der Waals surface area contributed by atoms with Crippen LogP contribution >= 0.6 is 23.2 Å². The van der Waals surface area contributed by atoms with Crippen LogP contribution in [-0.4, -0.2) is 25.8 Å². The van der Waals surface area contributed by atoms with E-state index >= 15 is 0 Å². The molecule has 3 rings (SSSR count). The molecule has 3 aromatic heterocycles. The Labute approximate surface area is 197 Å². The van der Waals surface area contributed by atoms with Crippen molar-refractivity contribution in [3.05, 3.63) is 51.7 Å². The van der Waals surface area contributed by atoms with Crippen molar-refractivity contribution in [1.29, 1.82) is 5.26 Å². The van der Waals surface area contributed by atoms with E-state index < -0.39 is 0 Å². The van der Waals surface area contributed by atoms with Crippen molar-refractivity contribution in [2.75, 3.05) is 10.3 Å². The van der Waals surface area contributed by atoms with Crippen LogP contribution in [0.1, 0.15) is 44.9 Å². The van der Waals surface area contributed by atoms with E-state index in [1.165, 1.54) is 6.08 Å². The van der Waals surface area contributed by atoms with E-state index in [0.29, 0.717) is 11.5 Å². The highest BCUT2D eigenvalue weighted by Gasteiger charge is 2.21. The third-order valence-electron chi connectivity index (χ3n) is 4.86. The molecule has 0 saturated heterocycles. The average Bonchev–Trinajstić information content (AvgIpc) is 2.98. The van der Waals surface area contributed by atoms with E-state index in [-0.39, 0.29) is 22.3 Å². The van der Waals surface area contributed by atoms with Gasteiger partial charge in [-0.1, -0.05) is 37.0 Å². The Morgan fingerprint density at radius 1 is 1.16 bits per heavy atom. The fourth-order valence-electron chi connectivity index (χ4n) is 3.48. The Morgan fingerprint density at radius 3 is 2.38 bits per heavy atom. The van der Waals surface area contributed by atoms with Crippen LogP contribution in [0.2, 0.25) is 10.3 Å². The number of aryl methyl sites for hydroxylation is 2. The first-order valence-electron chi connectivity index (χ1n) is 10.2. The summed E-state index contributed by atoms with van der Waals surface area (Å²) in [6, 6.07) is 7.39. The molecule has 0 aromatic carbocycles. The molecule has 2 N–H and O–H groups in total. The van der Waals surface area contributed by atoms with Gasteiger partial charge >= 0.3 is 0 Å². The Morgan fingerprint density at radius 2 is 1.81 bits per heavy atom. The van der Waals surface area contributed by atoms with Gasteiger partial charge in [0.1, 0.15) is 21.9 Å². The number of nitrogens with one attached hydrogen (secondary N) is 2. The van der Waals surface area contributed by atoms with Crippen molar-refractivity contribution in [2.45, 2.75) is 46.6 Å². The van der Waals surface area contributed by atoms with Crippen molar-refractivity contribution in [3.8, 4) is 6.07 Å². The lowest BCUT2D eigenvalue weighted by molar-refractivity contribution is 0.609. The molecule has 0 spiro atoms. The summed E-state index contributed by atoms with van der Waals surface area (Å²) in [5.74, 6) is 1.44. The predicted molar refractivity (Wildman–Crippen MR) is 130 cm³/mol. The maximum Gasteiger partial charge on any atom is 0.160 e. The first-order valence-corrected chi connectivity index (χ1v) is 11.0. The van der Waals surface area contributed by atoms with Gasteiger partial charge in [0.2, 0.25) is 0 Å². The summed E-state index contributed by atoms with van der Waals surface area (Å²) in [5.41, 5.74) is 6.80. The number of hydrogen-bond acceptors (Lipinski definition) is 7. The van der Waals surface area contributed by atoms with Gasteiger partial charge in [-0.15, -0.1) is 0 Å². The number of hydrogen-bond donors (Lipinski definition) is 2. The second-order valence-electron chi connectivity index (χ2n) is 8.02. The van der Waals surface area contributed by atoms with Gasteiger partial charge in [-0.25, -0.2) is 9.97 Å². The molecule has 0 aliphatic rings. The number of hydrazine groups is 1. The van der Waals surface area contributed by atoms with E-state index in [2.05, 4.69) is 46.8 Å². The average molecular weight is 473 g/mol. The maximum atomic E-state index is 9.33. The second-order valence-corrected chi connectivity index (χ2v) is 8.80. The molecule has 10 heteroatoms. The minimum atomic E-state index is 0.0165. The molecule has 0 radical (unpaired) electrons. The summed E-state index contributed by atoms with van der Waals surface area (Å²) >= 11 is 12.0. The Hall–Kier alpha value is -3.02. The molecule has 168 valence electrons. The van der Waals surface area contributed by atoms with Crippen LogP contribution in [0.25, 0.3) is 11.0 Å². The highest BCUT2D eigenvalue weighted by molar-refractivity contribution is 6.32. The van der Waals surface area contributed by atoms with Crippen molar-refractivity contribution in [2.24, 2.45) is 7.05 Å². The van der Waals surface area contributed by atoms with Gasteiger partial charge in [-0.2, -0.15) is 10.4 Å². The van der Waals surface area contributed by atoms with Gasteiger partial charge in [0, 0.05) is 24.2 Å². The van der Waals surface area contributed by atoms with Crippen molar-refractivity contribution in [1.82, 2.24) is 25.2 Å². The Bertz CT molecular complexity index is 1190. The summed E-state index contributed by atoms with van der Waals surface area (Å²) in [5, 5.41) is 20.5. The number of rotatable bonds is 7. The van der Waals surface area contributed by atoms with Gasteiger partial charge in [0.25, 0.3) is 0 Å². The summed E-state index contributed by atoms with van der Waals surface area (Å²) in [6.45, 7) is 10.4. The molecule has 0 aliphatic carbocycles. The summed E-state index contributed by atoms with van der Waals surface area (Å²) in [4.78, 5) is 8.83. The topological polar surface area (TPSA) is 94.7 Å². The second kappa shape index (κ2) is 9.63. The Kier molecular flexibility index (Phi) is 7.12. The largest absolute Gasteiger partial charge is 0.340 e. The molecule has 0 unspecified atom stereocenters. The molecule has 3 aromatic rings. The molecule has 0 fully saturated rings. The van der Waals surface area contributed by atoms with Gasteiger partial charge in [0.05, 0.1) is 17.8 Å². The number of nitriles is 1. The standard InChI is InChI=1S/C22H26Cl2N8/c1-12(2)16-11-20(28-22-21(16)14(5)29-31(22)6)32(13(3)4)30-19(7-8-25)26-15-9-17(23)27-18(24)10-15/h7,9-13,30H,1-6H3,(H,26,27)/b19-7+. The number of fused-ring (bicyclic) bond motifs is 1. The van der Waals surface area contributed by atoms with E-state index in [9.17, 15) is 5.26 Å². The van der Waals surface area contributed by atoms with Gasteiger partial charge in [-0.05, 0) is 50.5 Å². The number of nitrogens with zero attached hydrogens (tertiary/aromatic N) is 6. The van der Waals surface area contributed by atoms with Crippen LogP contribution in [-0.2, 0) is 7.05 Å². The zero-order valence-electron chi connectivity index (χ0n) is 18.9. The number of halogens is 2. The SMILES string of the molecule is Cc1nn(C)c2nc(N(N/C(=C/C#N)Nc3cc(Cl)nc(Cl)c3)C(C)C)cc(C(C)C)c12. The number of aromatic nitrogens is 4. The minimum Gasteiger partial charge on any atom is -0.340 e. The summed E-state index contributed by atoms with van der Waals surface area (Å²) in [6.07, 6.45) is 1.37. The normalized spacial score (nSPS) is 11.8. The van der Waals surface area contributed by atoms with E-state index in [4.69, 9.17) is 28.2 Å². The molecule has 0 bridgehead atoms. The molecular weight excluding hydrogens is 447 g/mol. The van der Waals surface area contributed by atoms with Crippen molar-refractivity contribution in [3.63, 3.8) is 0 Å². The molecule has 32 heavy (non-hydrogen) atoms. The summed E-state index contributed by atoms with van der Waals surface area (Å²) < 4.78 is 1.80. The molecule has 8 nitrogen and oxygen atoms in total. The molecule has 0 saturated carbocycles. The highest BCUT2D eigenvalue weighted by Crippen LogP contribution is 2.31.